The van der Waals surface area contributed by atoms with E-state index < -0.39 is 148 Å². The van der Waals surface area contributed by atoms with Gasteiger partial charge in [0.15, 0.2) is 12.6 Å². The van der Waals surface area contributed by atoms with E-state index in [1.165, 1.54) is 123 Å². The molecule has 22 atom stereocenters. The maximum atomic E-state index is 13.6. The van der Waals surface area contributed by atoms with Gasteiger partial charge in [0.2, 0.25) is 5.91 Å². The Balaban J connectivity index is 0.0000181. The number of carbonyl (C=O) groups excluding carboxylic acids is 1. The molecule has 83 heavy (non-hydrogen) atoms. The van der Waals surface area contributed by atoms with Gasteiger partial charge in [-0.15, -0.1) is 0 Å². The molecule has 4 saturated heterocycles. The van der Waals surface area contributed by atoms with Crippen LogP contribution in [0.1, 0.15) is 201 Å². The molecule has 485 valence electrons. The summed E-state index contributed by atoms with van der Waals surface area (Å²) in [6.07, 6.45) is 2.59. The molecule has 0 saturated carbocycles. The summed E-state index contributed by atoms with van der Waals surface area (Å²) in [6.45, 7) is 5.13. The molecule has 0 bridgehead atoms. The van der Waals surface area contributed by atoms with Crippen molar-refractivity contribution >= 4 is 5.91 Å². The van der Waals surface area contributed by atoms with Crippen molar-refractivity contribution in [3.63, 3.8) is 0 Å². The Kier molecular flexibility index (Phi) is 40.4. The molecule has 4 aliphatic heterocycles. The zero-order chi connectivity index (χ0) is 60.0. The average molecular weight is 1410 g/mol. The monoisotopic (exact) mass is 1410 g/mol. The fraction of sp³-hybridized carbons (Fsp3) is 0.950. The summed E-state index contributed by atoms with van der Waals surface area (Å²) in [4.78, 5) is 13.6. The van der Waals surface area contributed by atoms with Gasteiger partial charge in [0.05, 0.1) is 56.4 Å². The molecule has 23 heteroatoms. The van der Waals surface area contributed by atoms with Gasteiger partial charge in [0.25, 0.3) is 0 Å². The number of aliphatic hydroxyl groups excluding tert-OH is 11. The number of amides is 1. The second-order valence-electron chi connectivity index (χ2n) is 23.6. The van der Waals surface area contributed by atoms with Crippen molar-refractivity contribution in [2.24, 2.45) is 0 Å². The normalized spacial score (nSPS) is 34.8. The second kappa shape index (κ2) is 43.5. The Morgan fingerprint density at radius 1 is 0.518 bits per heavy atom. The summed E-state index contributed by atoms with van der Waals surface area (Å²) >= 11 is 0. The Bertz CT molecular complexity index is 1690. The third-order valence-electron chi connectivity index (χ3n) is 16.7. The summed E-state index contributed by atoms with van der Waals surface area (Å²) in [7, 11) is 0. The molecule has 0 aromatic carbocycles. The first-order valence-corrected chi connectivity index (χ1v) is 31.7. The Hall–Kier alpha value is -0.148. The van der Waals surface area contributed by atoms with Crippen LogP contribution in [0, 0.1) is 44.1 Å². The SMILES string of the molecule is CCCCCCCCCCCCC/C=C/C(O)C(CO[C@@H]1OC(CO)[C@@H](O[C@@H]2OC(CO)[C@H](O)C(O)C2O[C@@H]2OC(C)[C@@H](O)C(O)C2O)C(OCC[C@@H]2OC(C)[C@@H](O)C(O)C2O)C1[NH-])NC(=O)CCCCCCCCCCCCCCC.[Ac]. The minimum atomic E-state index is -1.91. The Morgan fingerprint density at radius 2 is 0.988 bits per heavy atom. The Morgan fingerprint density at radius 3 is 1.53 bits per heavy atom. The molecule has 0 aromatic heterocycles. The molecular weight excluding hydrogens is 1300 g/mol. The molecule has 14 unspecified atom stereocenters. The summed E-state index contributed by atoms with van der Waals surface area (Å²) < 4.78 is 48.5. The van der Waals surface area contributed by atoms with E-state index in [-0.39, 0.29) is 76.0 Å². The van der Waals surface area contributed by atoms with Gasteiger partial charge in [-0.1, -0.05) is 173 Å². The number of carbonyl (C=O) groups is 1. The minimum absolute atomic E-state index is 0. The number of aliphatic hydroxyl groups is 11. The first-order chi connectivity index (χ1) is 39.5. The predicted molar refractivity (Wildman–Crippen MR) is 305 cm³/mol. The van der Waals surface area contributed by atoms with Crippen LogP contribution < -0.4 is 5.32 Å². The van der Waals surface area contributed by atoms with Crippen molar-refractivity contribution in [1.82, 2.24) is 5.32 Å². The van der Waals surface area contributed by atoms with Gasteiger partial charge in [-0.05, 0) is 39.5 Å². The summed E-state index contributed by atoms with van der Waals surface area (Å²) in [5.41, 5.74) is 9.57. The molecule has 1 amide bonds. The zero-order valence-electron chi connectivity index (χ0n) is 50.4. The number of hydrogen-bond acceptors (Lipinski definition) is 20. The number of hydrogen-bond donors (Lipinski definition) is 12. The van der Waals surface area contributed by atoms with Crippen LogP contribution in [0.4, 0.5) is 0 Å². The van der Waals surface area contributed by atoms with Gasteiger partial charge in [-0.2, -0.15) is 0 Å². The van der Waals surface area contributed by atoms with E-state index in [0.717, 1.165) is 44.9 Å². The minimum Gasteiger partial charge on any atom is -0.668 e. The van der Waals surface area contributed by atoms with Crippen LogP contribution in [0.25, 0.3) is 5.73 Å². The van der Waals surface area contributed by atoms with Crippen molar-refractivity contribution in [3.05, 3.63) is 17.9 Å². The number of ether oxygens (including phenoxy) is 8. The number of unbranched alkanes of at least 4 members (excludes halogenated alkanes) is 23. The fourth-order valence-electron chi connectivity index (χ4n) is 11.3. The maximum absolute atomic E-state index is 13.6. The van der Waals surface area contributed by atoms with Crippen LogP contribution in [0.15, 0.2) is 12.2 Å². The maximum Gasteiger partial charge on any atom is 0.220 e. The summed E-state index contributed by atoms with van der Waals surface area (Å²) in [6, 6.07) is -2.55. The molecule has 4 fully saturated rings. The first-order valence-electron chi connectivity index (χ1n) is 31.7. The molecule has 4 rings (SSSR count). The van der Waals surface area contributed by atoms with Gasteiger partial charge in [0, 0.05) is 57.1 Å². The molecule has 22 nitrogen and oxygen atoms in total. The predicted octanol–water partition coefficient (Wildman–Crippen LogP) is 4.41. The van der Waals surface area contributed by atoms with E-state index >= 15 is 0 Å². The molecule has 13 N–H and O–H groups in total. The van der Waals surface area contributed by atoms with Crippen molar-refractivity contribution in [3.8, 4) is 0 Å². The molecule has 0 aliphatic carbocycles. The molecule has 4 heterocycles. The standard InChI is InChI=1S/C60H111N2O20.Ac/c1-5-7-9-11-13-15-17-19-21-23-25-27-29-31-41(65)40(62-45(66)32-30-28-26-24-22-20-18-16-14-12-10-8-6-2)37-76-58-46(61)56(75-34-33-42-49(69)51(71)47(67)38(3)77-42)55(44(36-64)80-58)81-60-57(53(73)50(70)43(35-63)79-60)82-59-54(74)52(72)48(68)39(4)78-59;/h29,31,38-44,46-61,63-65,67-74H,5-28,30,32-37H2,1-4H3,(H,62,66);/q-1;/b31-29+;/t38?,39?,40?,41?,42-,43?,44?,46?,47+,48+,49?,50-,51?,52?,53?,54?,55+,56?,57?,58+,59-,60-;/m0./s1. The van der Waals surface area contributed by atoms with E-state index in [9.17, 15) is 66.7 Å². The van der Waals surface area contributed by atoms with Crippen LogP contribution in [0.5, 0.6) is 0 Å². The van der Waals surface area contributed by atoms with E-state index in [2.05, 4.69) is 19.2 Å². The third-order valence-corrected chi connectivity index (χ3v) is 16.7. The number of rotatable bonds is 42. The fourth-order valence-corrected chi connectivity index (χ4v) is 11.3. The number of allylic oxidation sites excluding steroid dienone is 1. The molecule has 4 aliphatic rings. The van der Waals surface area contributed by atoms with E-state index in [1.807, 2.05) is 6.08 Å². The van der Waals surface area contributed by atoms with Gasteiger partial charge >= 0.3 is 0 Å². The third kappa shape index (κ3) is 26.3. The summed E-state index contributed by atoms with van der Waals surface area (Å²) in [5.74, 6) is -0.285. The molecule has 0 spiro atoms. The van der Waals surface area contributed by atoms with Gasteiger partial charge < -0.3 is 105 Å². The van der Waals surface area contributed by atoms with E-state index in [4.69, 9.17) is 37.9 Å². The van der Waals surface area contributed by atoms with Crippen LogP contribution in [0.2, 0.25) is 0 Å². The average Bonchev–Trinajstić information content (AvgIpc) is 3.46. The van der Waals surface area contributed by atoms with E-state index in [1.54, 1.807) is 6.08 Å². The zero-order valence-corrected chi connectivity index (χ0v) is 55.2. The Labute approximate surface area is 530 Å². The van der Waals surface area contributed by atoms with Crippen LogP contribution in [-0.4, -0.2) is 223 Å². The van der Waals surface area contributed by atoms with Crippen molar-refractivity contribution in [2.75, 3.05) is 26.4 Å². The van der Waals surface area contributed by atoms with Crippen LogP contribution in [0.3, 0.4) is 0 Å². The second-order valence-corrected chi connectivity index (χ2v) is 23.6. The molecule has 1 radical (unpaired) electrons. The van der Waals surface area contributed by atoms with Gasteiger partial charge in [-0.25, -0.2) is 0 Å². The summed E-state index contributed by atoms with van der Waals surface area (Å²) in [5, 5.41) is 122. The first kappa shape index (κ1) is 77.1. The van der Waals surface area contributed by atoms with Crippen molar-refractivity contribution < 1.29 is 143 Å². The molecule has 0 aromatic rings. The smallest absolute Gasteiger partial charge is 0.220 e. The quantitative estimate of drug-likeness (QED) is 0.0297. The van der Waals surface area contributed by atoms with Gasteiger partial charge in [0.1, 0.15) is 79.5 Å². The van der Waals surface area contributed by atoms with Crippen LogP contribution in [-0.2, 0) is 42.7 Å². The van der Waals surface area contributed by atoms with Crippen molar-refractivity contribution in [1.29, 1.82) is 0 Å². The van der Waals surface area contributed by atoms with E-state index in [0.29, 0.717) is 6.42 Å². The van der Waals surface area contributed by atoms with Crippen molar-refractivity contribution in [2.45, 2.75) is 336 Å². The largest absolute Gasteiger partial charge is 0.668 e. The van der Waals surface area contributed by atoms with Crippen LogP contribution >= 0.6 is 0 Å². The number of nitrogens with one attached hydrogen (secondary N) is 2. The van der Waals surface area contributed by atoms with Gasteiger partial charge in [-0.3, -0.25) is 4.79 Å². The topological polar surface area (TPSA) is 349 Å². The molecular formula is C60H111AcN2O20-.